The minimum Gasteiger partial charge on any atom is -0.497 e. The topological polar surface area (TPSA) is 47.6 Å². The summed E-state index contributed by atoms with van der Waals surface area (Å²) in [5.41, 5.74) is 2.92. The quantitative estimate of drug-likeness (QED) is 0.670. The Hall–Kier alpha value is -2.20. The maximum atomic E-state index is 12.5. The van der Waals surface area contributed by atoms with Gasteiger partial charge in [0.2, 0.25) is 0 Å². The largest absolute Gasteiger partial charge is 0.497 e. The first-order chi connectivity index (χ1) is 12.8. The molecule has 0 unspecified atom stereocenters. The van der Waals surface area contributed by atoms with Crippen LogP contribution in [0.25, 0.3) is 0 Å². The third-order valence-corrected chi connectivity index (χ3v) is 4.94. The van der Waals surface area contributed by atoms with Gasteiger partial charge in [0.15, 0.2) is 6.61 Å². The van der Waals surface area contributed by atoms with Crippen LogP contribution in [0, 0.1) is 19.8 Å². The van der Waals surface area contributed by atoms with E-state index < -0.39 is 0 Å². The fraction of sp³-hybridized carbons (Fsp3) is 0.409. The first-order valence-corrected chi connectivity index (χ1v) is 9.50. The first kappa shape index (κ1) is 21.1. The van der Waals surface area contributed by atoms with Crippen LogP contribution in [0.4, 0.5) is 0 Å². The lowest BCUT2D eigenvalue weighted by atomic mass is 9.97. The molecule has 27 heavy (non-hydrogen) atoms. The van der Waals surface area contributed by atoms with E-state index in [-0.39, 0.29) is 18.6 Å². The van der Waals surface area contributed by atoms with E-state index in [4.69, 9.17) is 21.1 Å². The number of ether oxygens (including phenoxy) is 2. The molecule has 0 fully saturated rings. The number of hydrogen-bond acceptors (Lipinski definition) is 3. The van der Waals surface area contributed by atoms with Crippen LogP contribution in [0.3, 0.4) is 0 Å². The molecule has 146 valence electrons. The molecular weight excluding hydrogens is 362 g/mol. The van der Waals surface area contributed by atoms with E-state index in [0.29, 0.717) is 11.7 Å². The molecule has 0 heterocycles. The number of hydrogen-bond donors (Lipinski definition) is 1. The van der Waals surface area contributed by atoms with Crippen molar-refractivity contribution >= 4 is 17.5 Å². The van der Waals surface area contributed by atoms with Gasteiger partial charge in [-0.1, -0.05) is 37.6 Å². The zero-order valence-corrected chi connectivity index (χ0v) is 17.4. The number of nitrogens with one attached hydrogen (secondary N) is 1. The molecular formula is C22H28ClNO3. The Balaban J connectivity index is 2.02. The fourth-order valence-electron chi connectivity index (χ4n) is 2.96. The van der Waals surface area contributed by atoms with Crippen molar-refractivity contribution in [1.82, 2.24) is 5.32 Å². The van der Waals surface area contributed by atoms with Crippen LogP contribution in [0.15, 0.2) is 36.4 Å². The maximum absolute atomic E-state index is 12.5. The minimum absolute atomic E-state index is 0.0364. The van der Waals surface area contributed by atoms with E-state index in [2.05, 4.69) is 19.2 Å². The molecule has 5 heteroatoms. The monoisotopic (exact) mass is 389 g/mol. The van der Waals surface area contributed by atoms with Gasteiger partial charge >= 0.3 is 0 Å². The average Bonchev–Trinajstić information content (AvgIpc) is 2.63. The molecule has 0 spiro atoms. The third-order valence-electron chi connectivity index (χ3n) is 4.34. The Labute approximate surface area is 166 Å². The van der Waals surface area contributed by atoms with Gasteiger partial charge in [0, 0.05) is 5.02 Å². The van der Waals surface area contributed by atoms with E-state index in [1.54, 1.807) is 7.11 Å². The van der Waals surface area contributed by atoms with Gasteiger partial charge in [-0.05, 0) is 67.1 Å². The normalized spacial score (nSPS) is 12.0. The highest BCUT2D eigenvalue weighted by atomic mass is 35.5. The van der Waals surface area contributed by atoms with Gasteiger partial charge in [0.05, 0.1) is 13.2 Å². The molecule has 1 N–H and O–H groups in total. The molecule has 1 amide bonds. The van der Waals surface area contributed by atoms with Gasteiger partial charge in [-0.15, -0.1) is 0 Å². The molecule has 0 aromatic heterocycles. The standard InChI is InChI=1S/C22H28ClNO3/c1-14(2)10-20(17-6-8-18(26-5)9-7-17)24-21(25)13-27-19-11-15(3)22(23)16(4)12-19/h6-9,11-12,14,20H,10,13H2,1-5H3,(H,24,25)/t20-/m1/s1. The Morgan fingerprint density at radius 1 is 1.07 bits per heavy atom. The number of carbonyl (C=O) groups excluding carboxylic acids is 1. The van der Waals surface area contributed by atoms with Crippen molar-refractivity contribution in [3.05, 3.63) is 58.1 Å². The summed E-state index contributed by atoms with van der Waals surface area (Å²) in [6, 6.07) is 11.4. The molecule has 2 aromatic rings. The van der Waals surface area contributed by atoms with Crippen molar-refractivity contribution in [3.8, 4) is 11.5 Å². The molecule has 0 aliphatic carbocycles. The number of benzene rings is 2. The van der Waals surface area contributed by atoms with Crippen molar-refractivity contribution in [2.45, 2.75) is 40.2 Å². The van der Waals surface area contributed by atoms with Crippen LogP contribution in [-0.2, 0) is 4.79 Å². The lowest BCUT2D eigenvalue weighted by Crippen LogP contribution is -2.33. The van der Waals surface area contributed by atoms with Gasteiger partial charge in [0.1, 0.15) is 11.5 Å². The minimum atomic E-state index is -0.151. The molecule has 0 aliphatic heterocycles. The van der Waals surface area contributed by atoms with E-state index in [9.17, 15) is 4.79 Å². The summed E-state index contributed by atoms with van der Waals surface area (Å²) in [5.74, 6) is 1.74. The molecule has 2 rings (SSSR count). The number of aryl methyl sites for hydroxylation is 2. The van der Waals surface area contributed by atoms with Crippen LogP contribution in [-0.4, -0.2) is 19.6 Å². The van der Waals surface area contributed by atoms with Crippen LogP contribution in [0.2, 0.25) is 5.02 Å². The summed E-state index contributed by atoms with van der Waals surface area (Å²) in [7, 11) is 1.64. The van der Waals surface area contributed by atoms with Gasteiger partial charge < -0.3 is 14.8 Å². The second-order valence-electron chi connectivity index (χ2n) is 7.18. The molecule has 0 aliphatic rings. The summed E-state index contributed by atoms with van der Waals surface area (Å²) >= 11 is 6.18. The summed E-state index contributed by atoms with van der Waals surface area (Å²) in [5, 5.41) is 3.81. The molecule has 0 saturated carbocycles. The Kier molecular flexibility index (Phi) is 7.55. The van der Waals surface area contributed by atoms with E-state index >= 15 is 0 Å². The number of amides is 1. The average molecular weight is 390 g/mol. The van der Waals surface area contributed by atoms with E-state index in [1.165, 1.54) is 0 Å². The molecule has 0 saturated heterocycles. The number of halogens is 1. The summed E-state index contributed by atoms with van der Waals surface area (Å²) in [6.07, 6.45) is 0.844. The molecule has 0 radical (unpaired) electrons. The second kappa shape index (κ2) is 9.65. The SMILES string of the molecule is COc1ccc([C@@H](CC(C)C)NC(=O)COc2cc(C)c(Cl)c(C)c2)cc1. The smallest absolute Gasteiger partial charge is 0.258 e. The summed E-state index contributed by atoms with van der Waals surface area (Å²) < 4.78 is 10.9. The predicted octanol–water partition coefficient (Wildman–Crippen LogP) is 5.25. The Morgan fingerprint density at radius 3 is 2.19 bits per heavy atom. The summed E-state index contributed by atoms with van der Waals surface area (Å²) in [4.78, 5) is 12.5. The second-order valence-corrected chi connectivity index (χ2v) is 7.56. The molecule has 0 bridgehead atoms. The highest BCUT2D eigenvalue weighted by molar-refractivity contribution is 6.32. The van der Waals surface area contributed by atoms with Crippen molar-refractivity contribution in [1.29, 1.82) is 0 Å². The van der Waals surface area contributed by atoms with E-state index in [0.717, 1.165) is 33.9 Å². The van der Waals surface area contributed by atoms with Crippen LogP contribution in [0.5, 0.6) is 11.5 Å². The highest BCUT2D eigenvalue weighted by Crippen LogP contribution is 2.26. The van der Waals surface area contributed by atoms with Crippen molar-refractivity contribution in [3.63, 3.8) is 0 Å². The number of methoxy groups -OCH3 is 1. The first-order valence-electron chi connectivity index (χ1n) is 9.13. The zero-order valence-electron chi connectivity index (χ0n) is 16.6. The molecule has 1 atom stereocenters. The lowest BCUT2D eigenvalue weighted by Gasteiger charge is -2.21. The van der Waals surface area contributed by atoms with Crippen molar-refractivity contribution < 1.29 is 14.3 Å². The number of rotatable bonds is 8. The Morgan fingerprint density at radius 2 is 1.67 bits per heavy atom. The van der Waals surface area contributed by atoms with Crippen LogP contribution in [0.1, 0.15) is 43.0 Å². The predicted molar refractivity (Wildman–Crippen MR) is 110 cm³/mol. The summed E-state index contributed by atoms with van der Waals surface area (Å²) in [6.45, 7) is 8.08. The maximum Gasteiger partial charge on any atom is 0.258 e. The van der Waals surface area contributed by atoms with Crippen molar-refractivity contribution in [2.75, 3.05) is 13.7 Å². The third kappa shape index (κ3) is 6.17. The van der Waals surface area contributed by atoms with Crippen LogP contribution >= 0.6 is 11.6 Å². The van der Waals surface area contributed by atoms with Gasteiger partial charge in [0.25, 0.3) is 5.91 Å². The lowest BCUT2D eigenvalue weighted by molar-refractivity contribution is -0.124. The number of carbonyl (C=O) groups is 1. The molecule has 2 aromatic carbocycles. The van der Waals surface area contributed by atoms with Gasteiger partial charge in [-0.3, -0.25) is 4.79 Å². The van der Waals surface area contributed by atoms with E-state index in [1.807, 2.05) is 50.2 Å². The van der Waals surface area contributed by atoms with Crippen molar-refractivity contribution in [2.24, 2.45) is 5.92 Å². The van der Waals surface area contributed by atoms with Gasteiger partial charge in [-0.2, -0.15) is 0 Å². The fourth-order valence-corrected chi connectivity index (χ4v) is 3.07. The van der Waals surface area contributed by atoms with Gasteiger partial charge in [-0.25, -0.2) is 0 Å². The highest BCUT2D eigenvalue weighted by Gasteiger charge is 2.17. The zero-order chi connectivity index (χ0) is 20.0. The Bertz CT molecular complexity index is 749. The molecule has 4 nitrogen and oxygen atoms in total. The van der Waals surface area contributed by atoms with Crippen LogP contribution < -0.4 is 14.8 Å².